The number of nitrogens with zero attached hydrogens (tertiary/aromatic N) is 6. The molecule has 0 aliphatic carbocycles. The number of nitriles is 2. The molecule has 7 nitrogen and oxygen atoms in total. The zero-order valence-corrected chi connectivity index (χ0v) is 18.7. The molecular weight excluding hydrogens is 364 g/mol. The first-order valence-corrected chi connectivity index (χ1v) is 10.00. The van der Waals surface area contributed by atoms with Crippen molar-refractivity contribution in [3.8, 4) is 12.1 Å². The second-order valence-corrected chi connectivity index (χ2v) is 9.26. The van der Waals surface area contributed by atoms with Gasteiger partial charge >= 0.3 is 0 Å². The van der Waals surface area contributed by atoms with Gasteiger partial charge in [0, 0.05) is 36.7 Å². The van der Waals surface area contributed by atoms with Gasteiger partial charge in [0.2, 0.25) is 0 Å². The quantitative estimate of drug-likeness (QED) is 0.670. The average Bonchev–Trinajstić information content (AvgIpc) is 3.28. The van der Waals surface area contributed by atoms with E-state index in [4.69, 9.17) is 4.74 Å². The summed E-state index contributed by atoms with van der Waals surface area (Å²) in [6, 6.07) is 4.59. The number of rotatable bonds is 8. The lowest BCUT2D eigenvalue weighted by Gasteiger charge is -2.25. The first-order chi connectivity index (χ1) is 13.5. The van der Waals surface area contributed by atoms with Gasteiger partial charge in [-0.05, 0) is 30.6 Å². The maximum atomic E-state index is 9.51. The molecule has 0 saturated heterocycles. The first kappa shape index (κ1) is 22.6. The second-order valence-electron chi connectivity index (χ2n) is 9.26. The van der Waals surface area contributed by atoms with Crippen LogP contribution in [0.25, 0.3) is 0 Å². The average molecular weight is 397 g/mol. The van der Waals surface area contributed by atoms with Crippen LogP contribution in [0.1, 0.15) is 82.9 Å². The molecule has 0 aliphatic heterocycles. The van der Waals surface area contributed by atoms with Gasteiger partial charge in [0.15, 0.2) is 11.4 Å². The minimum absolute atomic E-state index is 0.124. The molecule has 29 heavy (non-hydrogen) atoms. The highest BCUT2D eigenvalue weighted by Crippen LogP contribution is 2.33. The molecule has 0 saturated carbocycles. The number of hydrogen-bond acceptors (Lipinski definition) is 5. The Balaban J connectivity index is 2.16. The Morgan fingerprint density at radius 1 is 1.03 bits per heavy atom. The smallest absolute Gasteiger partial charge is 0.166 e. The standard InChI is InChI=1S/C22H32N6O/c1-16(28-15-17(21(2,3)4)19(12-23)26-28)8-9-22(5,6)18-14-27(10-11-29-7)25-20(18)13-24/h14-16H,8-11H2,1-7H3. The predicted molar refractivity (Wildman–Crippen MR) is 111 cm³/mol. The lowest BCUT2D eigenvalue weighted by atomic mass is 9.80. The summed E-state index contributed by atoms with van der Waals surface area (Å²) in [5.41, 5.74) is 2.56. The van der Waals surface area contributed by atoms with Crippen LogP contribution in [0.5, 0.6) is 0 Å². The van der Waals surface area contributed by atoms with E-state index in [9.17, 15) is 10.5 Å². The van der Waals surface area contributed by atoms with Crippen LogP contribution in [-0.2, 0) is 22.1 Å². The molecule has 0 amide bonds. The van der Waals surface area contributed by atoms with E-state index in [1.54, 1.807) is 11.8 Å². The van der Waals surface area contributed by atoms with E-state index < -0.39 is 0 Å². The SMILES string of the molecule is COCCn1cc(C(C)(C)CCC(C)n2cc(C(C)(C)C)c(C#N)n2)c(C#N)n1. The van der Waals surface area contributed by atoms with Crippen LogP contribution >= 0.6 is 0 Å². The largest absolute Gasteiger partial charge is 0.383 e. The Morgan fingerprint density at radius 3 is 2.17 bits per heavy atom. The Kier molecular flexibility index (Phi) is 6.87. The summed E-state index contributed by atoms with van der Waals surface area (Å²) in [6.07, 6.45) is 5.70. The van der Waals surface area contributed by atoms with E-state index in [0.717, 1.165) is 24.0 Å². The van der Waals surface area contributed by atoms with Crippen LogP contribution in [-0.4, -0.2) is 33.3 Å². The number of hydrogen-bond donors (Lipinski definition) is 0. The van der Waals surface area contributed by atoms with Crippen molar-refractivity contribution in [3.63, 3.8) is 0 Å². The van der Waals surface area contributed by atoms with Gasteiger partial charge in [-0.25, -0.2) is 0 Å². The van der Waals surface area contributed by atoms with Crippen molar-refractivity contribution in [2.45, 2.75) is 77.8 Å². The van der Waals surface area contributed by atoms with Crippen LogP contribution in [0, 0.1) is 22.7 Å². The Hall–Kier alpha value is -2.64. The Morgan fingerprint density at radius 2 is 1.66 bits per heavy atom. The van der Waals surface area contributed by atoms with Crippen LogP contribution in [0.2, 0.25) is 0 Å². The summed E-state index contributed by atoms with van der Waals surface area (Å²) in [5.74, 6) is 0. The van der Waals surface area contributed by atoms with Gasteiger partial charge in [-0.1, -0.05) is 34.6 Å². The summed E-state index contributed by atoms with van der Waals surface area (Å²) in [4.78, 5) is 0. The summed E-state index contributed by atoms with van der Waals surface area (Å²) < 4.78 is 8.80. The third kappa shape index (κ3) is 5.25. The molecule has 0 radical (unpaired) electrons. The van der Waals surface area contributed by atoms with Crippen LogP contribution in [0.4, 0.5) is 0 Å². The fourth-order valence-electron chi connectivity index (χ4n) is 3.38. The van der Waals surface area contributed by atoms with Gasteiger partial charge in [-0.2, -0.15) is 20.7 Å². The molecule has 0 N–H and O–H groups in total. The van der Waals surface area contributed by atoms with Crippen molar-refractivity contribution < 1.29 is 4.74 Å². The van der Waals surface area contributed by atoms with Crippen LogP contribution < -0.4 is 0 Å². The monoisotopic (exact) mass is 396 g/mol. The Labute approximate surface area is 173 Å². The minimum atomic E-state index is -0.206. The maximum Gasteiger partial charge on any atom is 0.166 e. The second kappa shape index (κ2) is 8.80. The minimum Gasteiger partial charge on any atom is -0.383 e. The van der Waals surface area contributed by atoms with E-state index in [-0.39, 0.29) is 16.9 Å². The predicted octanol–water partition coefficient (Wildman–Crippen LogP) is 4.09. The lowest BCUT2D eigenvalue weighted by Crippen LogP contribution is -2.20. The number of ether oxygens (including phenoxy) is 1. The first-order valence-electron chi connectivity index (χ1n) is 10.00. The molecule has 0 bridgehead atoms. The van der Waals surface area contributed by atoms with Gasteiger partial charge in [0.25, 0.3) is 0 Å². The topological polar surface area (TPSA) is 92.5 Å². The third-order valence-electron chi connectivity index (χ3n) is 5.41. The summed E-state index contributed by atoms with van der Waals surface area (Å²) in [7, 11) is 1.65. The van der Waals surface area contributed by atoms with Crippen molar-refractivity contribution in [2.24, 2.45) is 0 Å². The van der Waals surface area contributed by atoms with E-state index in [2.05, 4.69) is 63.9 Å². The van der Waals surface area contributed by atoms with Crippen molar-refractivity contribution in [1.29, 1.82) is 10.5 Å². The molecule has 7 heteroatoms. The van der Waals surface area contributed by atoms with Crippen molar-refractivity contribution >= 4 is 0 Å². The molecule has 0 aromatic carbocycles. The fourth-order valence-corrected chi connectivity index (χ4v) is 3.38. The highest BCUT2D eigenvalue weighted by atomic mass is 16.5. The van der Waals surface area contributed by atoms with E-state index in [0.29, 0.717) is 24.5 Å². The van der Waals surface area contributed by atoms with Gasteiger partial charge < -0.3 is 4.74 Å². The molecule has 2 aromatic heterocycles. The third-order valence-corrected chi connectivity index (χ3v) is 5.41. The Bertz CT molecular complexity index is 917. The van der Waals surface area contributed by atoms with E-state index >= 15 is 0 Å². The molecule has 0 aliphatic rings. The van der Waals surface area contributed by atoms with Gasteiger partial charge in [0.05, 0.1) is 13.2 Å². The molecule has 2 aromatic rings. The highest BCUT2D eigenvalue weighted by Gasteiger charge is 2.28. The summed E-state index contributed by atoms with van der Waals surface area (Å²) in [6.45, 7) is 13.8. The van der Waals surface area contributed by atoms with Crippen LogP contribution in [0.3, 0.4) is 0 Å². The van der Waals surface area contributed by atoms with Gasteiger partial charge in [-0.15, -0.1) is 0 Å². The molecule has 156 valence electrons. The van der Waals surface area contributed by atoms with E-state index in [1.165, 1.54) is 0 Å². The molecule has 2 rings (SSSR count). The maximum absolute atomic E-state index is 9.51. The lowest BCUT2D eigenvalue weighted by molar-refractivity contribution is 0.183. The van der Waals surface area contributed by atoms with Gasteiger partial charge in [-0.3, -0.25) is 9.36 Å². The van der Waals surface area contributed by atoms with Crippen molar-refractivity contribution in [2.75, 3.05) is 13.7 Å². The normalized spacial score (nSPS) is 13.1. The fraction of sp³-hybridized carbons (Fsp3) is 0.636. The van der Waals surface area contributed by atoms with Gasteiger partial charge in [0.1, 0.15) is 12.1 Å². The molecule has 1 atom stereocenters. The zero-order chi connectivity index (χ0) is 21.8. The molecule has 0 spiro atoms. The molecule has 1 unspecified atom stereocenters. The number of aromatic nitrogens is 4. The van der Waals surface area contributed by atoms with Crippen molar-refractivity contribution in [1.82, 2.24) is 19.6 Å². The number of methoxy groups -OCH3 is 1. The highest BCUT2D eigenvalue weighted by molar-refractivity contribution is 5.36. The van der Waals surface area contributed by atoms with Crippen molar-refractivity contribution in [3.05, 3.63) is 34.9 Å². The zero-order valence-electron chi connectivity index (χ0n) is 18.7. The van der Waals surface area contributed by atoms with Crippen LogP contribution in [0.15, 0.2) is 12.4 Å². The molecule has 0 fully saturated rings. The van der Waals surface area contributed by atoms with E-state index in [1.807, 2.05) is 17.1 Å². The molecule has 2 heterocycles. The summed E-state index contributed by atoms with van der Waals surface area (Å²) >= 11 is 0. The summed E-state index contributed by atoms with van der Waals surface area (Å²) in [5, 5.41) is 27.8. The molecular formula is C22H32N6O.